The Morgan fingerprint density at radius 1 is 1.09 bits per heavy atom. The molecule has 3 nitrogen and oxygen atoms in total. The van der Waals surface area contributed by atoms with Crippen LogP contribution in [0.1, 0.15) is 45.2 Å². The van der Waals surface area contributed by atoms with E-state index in [1.165, 1.54) is 5.56 Å². The Bertz CT molecular complexity index is 524. The quantitative estimate of drug-likeness (QED) is 0.547. The van der Waals surface area contributed by atoms with E-state index in [-0.39, 0.29) is 23.4 Å². The highest BCUT2D eigenvalue weighted by Crippen LogP contribution is 2.23. The van der Waals surface area contributed by atoms with Crippen LogP contribution in [0.15, 0.2) is 18.2 Å². The lowest BCUT2D eigenvalue weighted by molar-refractivity contribution is -0.123. The van der Waals surface area contributed by atoms with Crippen LogP contribution in [0.3, 0.4) is 0 Å². The summed E-state index contributed by atoms with van der Waals surface area (Å²) < 4.78 is 0. The van der Waals surface area contributed by atoms with Gasteiger partial charge in [-0.1, -0.05) is 55.8 Å². The number of rotatable bonds is 8. The van der Waals surface area contributed by atoms with Gasteiger partial charge in [0.1, 0.15) is 0 Å². The lowest BCUT2D eigenvalue weighted by atomic mass is 9.95. The second-order valence-corrected chi connectivity index (χ2v) is 7.15. The lowest BCUT2D eigenvalue weighted by Crippen LogP contribution is -2.18. The van der Waals surface area contributed by atoms with Crippen LogP contribution in [0.5, 0.6) is 0 Å². The van der Waals surface area contributed by atoms with Crippen LogP contribution in [0, 0.1) is 11.8 Å². The molecule has 0 radical (unpaired) electrons. The topological polar surface area (TPSA) is 46.2 Å². The van der Waals surface area contributed by atoms with E-state index in [1.54, 1.807) is 0 Å². The monoisotopic (exact) mass is 367 g/mol. The molecule has 1 rings (SSSR count). The Hall–Kier alpha value is -1.16. The third-order valence-electron chi connectivity index (χ3n) is 3.22. The van der Waals surface area contributed by atoms with Crippen molar-refractivity contribution in [2.75, 3.05) is 10.6 Å². The minimum Gasteiger partial charge on any atom is -0.325 e. The Morgan fingerprint density at radius 2 is 1.73 bits per heavy atom. The van der Waals surface area contributed by atoms with Crippen molar-refractivity contribution in [2.24, 2.45) is 11.8 Å². The zero-order chi connectivity index (χ0) is 16.7. The molecule has 122 valence electrons. The molecule has 1 aromatic rings. The number of alkyl halides is 1. The predicted molar refractivity (Wildman–Crippen MR) is 95.6 cm³/mol. The number of hydrogen-bond acceptors (Lipinski definition) is 2. The molecule has 1 N–H and O–H groups in total. The second kappa shape index (κ2) is 9.09. The highest BCUT2D eigenvalue weighted by molar-refractivity contribution is 9.09. The standard InChI is InChI=1S/C18H26BrNO2/c1-12(2)7-14-5-6-17(15(9-14)8-13(3)4)20-18(22)10-16(21)11-19/h5-6,9,12-13H,7-8,10-11H2,1-4H3,(H,20,22). The van der Waals surface area contributed by atoms with E-state index in [0.717, 1.165) is 24.1 Å². The molecule has 0 aromatic heterocycles. The number of benzene rings is 1. The SMILES string of the molecule is CC(C)Cc1ccc(NC(=O)CC(=O)CBr)c(CC(C)C)c1. The van der Waals surface area contributed by atoms with E-state index >= 15 is 0 Å². The third-order valence-corrected chi connectivity index (χ3v) is 3.85. The van der Waals surface area contributed by atoms with E-state index in [2.05, 4.69) is 61.1 Å². The van der Waals surface area contributed by atoms with Crippen molar-refractivity contribution in [3.05, 3.63) is 29.3 Å². The second-order valence-electron chi connectivity index (χ2n) is 6.58. The molecule has 0 bridgehead atoms. The first-order valence-electron chi connectivity index (χ1n) is 7.81. The molecule has 1 aromatic carbocycles. The van der Waals surface area contributed by atoms with Crippen LogP contribution in [-0.4, -0.2) is 17.0 Å². The molecular formula is C18H26BrNO2. The van der Waals surface area contributed by atoms with E-state index in [9.17, 15) is 9.59 Å². The Balaban J connectivity index is 2.92. The summed E-state index contributed by atoms with van der Waals surface area (Å²) in [6.45, 7) is 8.72. The average molecular weight is 368 g/mol. The van der Waals surface area contributed by atoms with Gasteiger partial charge in [-0.15, -0.1) is 0 Å². The highest BCUT2D eigenvalue weighted by Gasteiger charge is 2.12. The summed E-state index contributed by atoms with van der Waals surface area (Å²) >= 11 is 3.08. The van der Waals surface area contributed by atoms with Crippen molar-refractivity contribution in [1.29, 1.82) is 0 Å². The van der Waals surface area contributed by atoms with Crippen LogP contribution in [-0.2, 0) is 22.4 Å². The Morgan fingerprint density at radius 3 is 2.27 bits per heavy atom. The first-order chi connectivity index (χ1) is 10.3. The van der Waals surface area contributed by atoms with Gasteiger partial charge < -0.3 is 5.32 Å². The molecule has 1 amide bonds. The van der Waals surface area contributed by atoms with E-state index in [4.69, 9.17) is 0 Å². The number of Topliss-reactive ketones (excluding diaryl/α,β-unsaturated/α-hetero) is 1. The summed E-state index contributed by atoms with van der Waals surface area (Å²) in [7, 11) is 0. The average Bonchev–Trinajstić information content (AvgIpc) is 2.40. The molecule has 0 fully saturated rings. The number of nitrogens with one attached hydrogen (secondary N) is 1. The van der Waals surface area contributed by atoms with Crippen molar-refractivity contribution in [3.63, 3.8) is 0 Å². The third kappa shape index (κ3) is 6.73. The molecule has 0 saturated heterocycles. The highest BCUT2D eigenvalue weighted by atomic mass is 79.9. The molecule has 4 heteroatoms. The maximum absolute atomic E-state index is 11.9. The fraction of sp³-hybridized carbons (Fsp3) is 0.556. The molecular weight excluding hydrogens is 342 g/mol. The zero-order valence-corrected chi connectivity index (χ0v) is 15.5. The van der Waals surface area contributed by atoms with E-state index < -0.39 is 0 Å². The molecule has 0 aliphatic rings. The summed E-state index contributed by atoms with van der Waals surface area (Å²) in [6.07, 6.45) is 1.86. The molecule has 0 aliphatic heterocycles. The number of halogens is 1. The number of ketones is 1. The number of carbonyl (C=O) groups is 2. The summed E-state index contributed by atoms with van der Waals surface area (Å²) in [6, 6.07) is 6.21. The van der Waals surface area contributed by atoms with Crippen LogP contribution >= 0.6 is 15.9 Å². The molecule has 22 heavy (non-hydrogen) atoms. The van der Waals surface area contributed by atoms with Crippen LogP contribution in [0.25, 0.3) is 0 Å². The van der Waals surface area contributed by atoms with Gasteiger partial charge in [-0.2, -0.15) is 0 Å². The van der Waals surface area contributed by atoms with Crippen molar-refractivity contribution in [1.82, 2.24) is 0 Å². The van der Waals surface area contributed by atoms with Crippen molar-refractivity contribution in [2.45, 2.75) is 47.0 Å². The molecule has 0 heterocycles. The minimum absolute atomic E-state index is 0.0832. The van der Waals surface area contributed by atoms with Crippen LogP contribution in [0.2, 0.25) is 0 Å². The molecule has 0 unspecified atom stereocenters. The fourth-order valence-electron chi connectivity index (χ4n) is 2.40. The summed E-state index contributed by atoms with van der Waals surface area (Å²) in [5, 5.41) is 3.10. The molecule has 0 saturated carbocycles. The molecule has 0 spiro atoms. The first kappa shape index (κ1) is 18.9. The van der Waals surface area contributed by atoms with Gasteiger partial charge >= 0.3 is 0 Å². The Kier molecular flexibility index (Phi) is 7.80. The predicted octanol–water partition coefficient (Wildman–Crippen LogP) is 4.38. The zero-order valence-electron chi connectivity index (χ0n) is 13.9. The maximum atomic E-state index is 11.9. The number of hydrogen-bond donors (Lipinski definition) is 1. The number of amides is 1. The minimum atomic E-state index is -0.244. The van der Waals surface area contributed by atoms with Gasteiger partial charge in [-0.05, 0) is 41.9 Å². The fourth-order valence-corrected chi connectivity index (χ4v) is 2.60. The van der Waals surface area contributed by atoms with Gasteiger partial charge in [0.25, 0.3) is 0 Å². The van der Waals surface area contributed by atoms with Gasteiger partial charge in [0, 0.05) is 5.69 Å². The smallest absolute Gasteiger partial charge is 0.231 e. The van der Waals surface area contributed by atoms with Crippen LogP contribution in [0.4, 0.5) is 5.69 Å². The normalized spacial score (nSPS) is 11.0. The van der Waals surface area contributed by atoms with Gasteiger partial charge in [0.2, 0.25) is 5.91 Å². The summed E-state index contributed by atoms with van der Waals surface area (Å²) in [5.74, 6) is 0.753. The number of carbonyl (C=O) groups excluding carboxylic acids is 2. The van der Waals surface area contributed by atoms with Gasteiger partial charge in [-0.25, -0.2) is 0 Å². The van der Waals surface area contributed by atoms with Crippen molar-refractivity contribution < 1.29 is 9.59 Å². The molecule has 0 atom stereocenters. The number of anilines is 1. The van der Waals surface area contributed by atoms with Crippen molar-refractivity contribution in [3.8, 4) is 0 Å². The Labute approximate surface area is 142 Å². The van der Waals surface area contributed by atoms with Gasteiger partial charge in [-0.3, -0.25) is 9.59 Å². The lowest BCUT2D eigenvalue weighted by Gasteiger charge is -2.15. The summed E-state index contributed by atoms with van der Waals surface area (Å²) in [4.78, 5) is 23.3. The van der Waals surface area contributed by atoms with Crippen molar-refractivity contribution >= 4 is 33.3 Å². The van der Waals surface area contributed by atoms with E-state index in [0.29, 0.717) is 11.8 Å². The van der Waals surface area contributed by atoms with E-state index in [1.807, 2.05) is 6.07 Å². The van der Waals surface area contributed by atoms with Gasteiger partial charge in [0.05, 0.1) is 11.8 Å². The first-order valence-corrected chi connectivity index (χ1v) is 8.93. The maximum Gasteiger partial charge on any atom is 0.231 e. The molecule has 0 aliphatic carbocycles. The van der Waals surface area contributed by atoms with Gasteiger partial charge in [0.15, 0.2) is 5.78 Å². The summed E-state index contributed by atoms with van der Waals surface area (Å²) in [5.41, 5.74) is 3.27. The largest absolute Gasteiger partial charge is 0.325 e. The van der Waals surface area contributed by atoms with Crippen LogP contribution < -0.4 is 5.32 Å².